The van der Waals surface area contributed by atoms with E-state index in [2.05, 4.69) is 31.0 Å². The first-order chi connectivity index (χ1) is 13.7. The van der Waals surface area contributed by atoms with E-state index in [1.165, 1.54) is 11.3 Å². The van der Waals surface area contributed by atoms with Gasteiger partial charge in [-0.2, -0.15) is 15.4 Å². The highest BCUT2D eigenvalue weighted by molar-refractivity contribution is 7.14. The average Bonchev–Trinajstić information content (AvgIpc) is 3.36. The molecule has 2 aromatic heterocycles. The van der Waals surface area contributed by atoms with Gasteiger partial charge in [0.2, 0.25) is 0 Å². The minimum Gasteiger partial charge on any atom is -0.482 e. The van der Waals surface area contributed by atoms with Crippen LogP contribution in [0.15, 0.2) is 41.8 Å². The lowest BCUT2D eigenvalue weighted by atomic mass is 10.1. The summed E-state index contributed by atoms with van der Waals surface area (Å²) in [5.74, 6) is 0.146. The van der Waals surface area contributed by atoms with E-state index in [9.17, 15) is 9.59 Å². The fourth-order valence-corrected chi connectivity index (χ4v) is 3.57. The van der Waals surface area contributed by atoms with Crippen LogP contribution in [-0.2, 0) is 4.79 Å². The van der Waals surface area contributed by atoms with Crippen LogP contribution in [0.4, 0.5) is 10.8 Å². The quantitative estimate of drug-likeness (QED) is 0.493. The second-order valence-corrected chi connectivity index (χ2v) is 6.93. The summed E-state index contributed by atoms with van der Waals surface area (Å²) in [7, 11) is 0. The highest BCUT2D eigenvalue weighted by Crippen LogP contribution is 2.33. The van der Waals surface area contributed by atoms with Gasteiger partial charge in [0.1, 0.15) is 16.8 Å². The molecule has 0 fully saturated rings. The summed E-state index contributed by atoms with van der Waals surface area (Å²) in [5, 5.41) is 18.3. The number of benzene rings is 2. The van der Waals surface area contributed by atoms with E-state index >= 15 is 0 Å². The minimum atomic E-state index is -0.281. The molecule has 0 saturated heterocycles. The predicted molar refractivity (Wildman–Crippen MR) is 104 cm³/mol. The van der Waals surface area contributed by atoms with Crippen LogP contribution in [-0.4, -0.2) is 38.8 Å². The molecule has 0 atom stereocenters. The molecule has 10 heteroatoms. The molecular weight excluding hydrogens is 380 g/mol. The van der Waals surface area contributed by atoms with Gasteiger partial charge >= 0.3 is 0 Å². The number of hydrogen-bond donors (Lipinski definition) is 3. The summed E-state index contributed by atoms with van der Waals surface area (Å²) in [6.07, 6.45) is 0. The number of anilines is 2. The molecule has 1 aliphatic rings. The van der Waals surface area contributed by atoms with E-state index < -0.39 is 0 Å². The molecule has 138 valence electrons. The zero-order valence-corrected chi connectivity index (χ0v) is 15.0. The number of nitrogens with one attached hydrogen (secondary N) is 3. The Bertz CT molecular complexity index is 1230. The molecule has 0 unspecified atom stereocenters. The second kappa shape index (κ2) is 6.43. The lowest BCUT2D eigenvalue weighted by Crippen LogP contribution is -2.25. The fourth-order valence-electron chi connectivity index (χ4n) is 2.86. The van der Waals surface area contributed by atoms with Crippen molar-refractivity contribution in [3.8, 4) is 17.0 Å². The predicted octanol–water partition coefficient (Wildman–Crippen LogP) is 2.66. The fraction of sp³-hybridized carbons (Fsp3) is 0.0556. The Hall–Kier alpha value is -3.79. The number of carbonyl (C=O) groups is 2. The topological polar surface area (TPSA) is 122 Å². The third-order valence-electron chi connectivity index (χ3n) is 4.21. The molecule has 1 aliphatic heterocycles. The maximum Gasteiger partial charge on any atom is 0.262 e. The van der Waals surface area contributed by atoms with Crippen molar-refractivity contribution in [1.82, 2.24) is 20.4 Å². The van der Waals surface area contributed by atoms with Crippen LogP contribution in [0.2, 0.25) is 0 Å². The van der Waals surface area contributed by atoms with Crippen molar-refractivity contribution in [3.63, 3.8) is 0 Å². The molecule has 9 nitrogen and oxygen atoms in total. The van der Waals surface area contributed by atoms with Gasteiger partial charge in [-0.1, -0.05) is 0 Å². The highest BCUT2D eigenvalue weighted by atomic mass is 32.1. The van der Waals surface area contributed by atoms with E-state index in [0.29, 0.717) is 38.9 Å². The molecular formula is C18H12N6O3S. The summed E-state index contributed by atoms with van der Waals surface area (Å²) in [6.45, 7) is 0.0133. The van der Waals surface area contributed by atoms with Crippen LogP contribution in [0.5, 0.6) is 5.75 Å². The molecule has 3 heterocycles. The molecule has 0 saturated carbocycles. The van der Waals surface area contributed by atoms with Crippen LogP contribution in [0.25, 0.3) is 22.3 Å². The third-order valence-corrected chi connectivity index (χ3v) is 4.97. The van der Waals surface area contributed by atoms with Gasteiger partial charge < -0.3 is 10.1 Å². The first kappa shape index (κ1) is 16.4. The molecule has 28 heavy (non-hydrogen) atoms. The van der Waals surface area contributed by atoms with E-state index in [-0.39, 0.29) is 18.4 Å². The normalized spacial score (nSPS) is 12.9. The third kappa shape index (κ3) is 2.95. The lowest BCUT2D eigenvalue weighted by Gasteiger charge is -2.18. The van der Waals surface area contributed by atoms with Crippen molar-refractivity contribution in [1.29, 1.82) is 0 Å². The van der Waals surface area contributed by atoms with Gasteiger partial charge in [0.05, 0.1) is 11.4 Å². The Morgan fingerprint density at radius 3 is 2.96 bits per heavy atom. The van der Waals surface area contributed by atoms with Crippen molar-refractivity contribution in [3.05, 3.63) is 47.3 Å². The van der Waals surface area contributed by atoms with E-state index in [1.54, 1.807) is 30.3 Å². The summed E-state index contributed by atoms with van der Waals surface area (Å²) < 4.78 is 5.36. The van der Waals surface area contributed by atoms with Crippen LogP contribution < -0.4 is 15.4 Å². The van der Waals surface area contributed by atoms with E-state index in [1.807, 2.05) is 11.4 Å². The largest absolute Gasteiger partial charge is 0.482 e. The Morgan fingerprint density at radius 2 is 2.04 bits per heavy atom. The number of nitrogens with zero attached hydrogens (tertiary/aromatic N) is 3. The average molecular weight is 392 g/mol. The lowest BCUT2D eigenvalue weighted by molar-refractivity contribution is -0.118. The zero-order chi connectivity index (χ0) is 19.1. The number of aromatic amines is 1. The first-order valence-corrected chi connectivity index (χ1v) is 9.18. The Kier molecular flexibility index (Phi) is 3.76. The zero-order valence-electron chi connectivity index (χ0n) is 14.2. The maximum atomic E-state index is 12.5. The molecule has 0 aliphatic carbocycles. The van der Waals surface area contributed by atoms with Gasteiger partial charge in [0.25, 0.3) is 11.8 Å². The minimum absolute atomic E-state index is 0.0133. The van der Waals surface area contributed by atoms with Crippen LogP contribution in [0.1, 0.15) is 10.4 Å². The summed E-state index contributed by atoms with van der Waals surface area (Å²) in [5.41, 5.74) is 3.88. The number of rotatable bonds is 3. The molecule has 3 N–H and O–H groups in total. The van der Waals surface area contributed by atoms with E-state index in [0.717, 1.165) is 5.56 Å². The van der Waals surface area contributed by atoms with E-state index in [4.69, 9.17) is 4.74 Å². The van der Waals surface area contributed by atoms with Crippen molar-refractivity contribution in [2.24, 2.45) is 0 Å². The number of carbonyl (C=O) groups excluding carboxylic acids is 2. The highest BCUT2D eigenvalue weighted by Gasteiger charge is 2.17. The number of fused-ring (bicyclic) bond motifs is 2. The van der Waals surface area contributed by atoms with Crippen LogP contribution in [0, 0.1) is 0 Å². The summed E-state index contributed by atoms with van der Waals surface area (Å²) in [4.78, 5) is 28.4. The second-order valence-electron chi connectivity index (χ2n) is 6.07. The van der Waals surface area contributed by atoms with Gasteiger partial charge in [-0.3, -0.25) is 14.9 Å². The van der Waals surface area contributed by atoms with Gasteiger partial charge in [0.15, 0.2) is 11.7 Å². The molecule has 0 radical (unpaired) electrons. The number of H-pyrrole nitrogens is 1. The van der Waals surface area contributed by atoms with Crippen molar-refractivity contribution in [2.75, 3.05) is 17.2 Å². The molecule has 0 bridgehead atoms. The molecule has 2 aromatic carbocycles. The van der Waals surface area contributed by atoms with Gasteiger partial charge in [-0.05, 0) is 36.4 Å². The Labute approximate surface area is 161 Å². The molecule has 4 aromatic rings. The van der Waals surface area contributed by atoms with Crippen molar-refractivity contribution in [2.45, 2.75) is 0 Å². The SMILES string of the molecule is O=C1COc2ccc(-c3csc(NC(=O)c4ccc5n[nH]nc5c4)n3)cc2N1. The monoisotopic (exact) mass is 392 g/mol. The first-order valence-electron chi connectivity index (χ1n) is 8.30. The van der Waals surface area contributed by atoms with Gasteiger partial charge in [-0.25, -0.2) is 4.98 Å². The standard InChI is InChI=1S/C18H12N6O3S/c25-16-7-27-15-4-2-9(5-13(15)19-16)14-8-28-18(20-14)21-17(26)10-1-3-11-12(6-10)23-24-22-11/h1-6,8H,7H2,(H,19,25)(H,20,21,26)(H,22,23,24). The Balaban J connectivity index is 1.36. The van der Waals surface area contributed by atoms with Crippen LogP contribution in [0.3, 0.4) is 0 Å². The van der Waals surface area contributed by atoms with Gasteiger partial charge in [-0.15, -0.1) is 11.3 Å². The Morgan fingerprint density at radius 1 is 1.14 bits per heavy atom. The number of amides is 2. The number of ether oxygens (including phenoxy) is 1. The summed E-state index contributed by atoms with van der Waals surface area (Å²) >= 11 is 1.31. The van der Waals surface area contributed by atoms with Crippen LogP contribution >= 0.6 is 11.3 Å². The smallest absolute Gasteiger partial charge is 0.262 e. The molecule has 0 spiro atoms. The van der Waals surface area contributed by atoms with Crippen molar-refractivity contribution < 1.29 is 14.3 Å². The van der Waals surface area contributed by atoms with Gasteiger partial charge in [0, 0.05) is 16.5 Å². The number of aromatic nitrogens is 4. The molecule has 2 amide bonds. The molecule has 5 rings (SSSR count). The number of thiazole rings is 1. The maximum absolute atomic E-state index is 12.5. The number of hydrogen-bond acceptors (Lipinski definition) is 7. The summed E-state index contributed by atoms with van der Waals surface area (Å²) in [6, 6.07) is 10.5. The van der Waals surface area contributed by atoms with Crippen molar-refractivity contribution >= 4 is 45.0 Å².